The fraction of sp³-hybridized carbons (Fsp3) is 0.400. The number of carbonyl (C=O) groups excluding carboxylic acids is 2. The minimum atomic E-state index is -1.06. The van der Waals surface area contributed by atoms with Crippen molar-refractivity contribution in [3.8, 4) is 0 Å². The van der Waals surface area contributed by atoms with Gasteiger partial charge in [0, 0.05) is 22.2 Å². The predicted octanol–water partition coefficient (Wildman–Crippen LogP) is 2.64. The molecule has 2 heterocycles. The summed E-state index contributed by atoms with van der Waals surface area (Å²) in [6.07, 6.45) is 6.18. The number of halogens is 2. The second kappa shape index (κ2) is 13.7. The number of hydrogen-bond acceptors (Lipinski definition) is 7. The van der Waals surface area contributed by atoms with E-state index in [0.717, 1.165) is 5.57 Å². The lowest BCUT2D eigenvalue weighted by Crippen LogP contribution is -2.42. The Morgan fingerprint density at radius 2 is 2.13 bits per heavy atom. The van der Waals surface area contributed by atoms with Gasteiger partial charge >= 0.3 is 5.97 Å². The van der Waals surface area contributed by atoms with Crippen molar-refractivity contribution in [1.29, 1.82) is 0 Å². The summed E-state index contributed by atoms with van der Waals surface area (Å²) >= 11 is 3.41. The Hall–Kier alpha value is -3.74. The van der Waals surface area contributed by atoms with E-state index in [4.69, 9.17) is 5.11 Å². The normalized spacial score (nSPS) is 17.4. The average molecular weight is 592 g/mol. The number of aliphatic imine (C=N–C) groups is 1. The van der Waals surface area contributed by atoms with Crippen molar-refractivity contribution < 1.29 is 23.9 Å². The van der Waals surface area contributed by atoms with Crippen LogP contribution in [0.5, 0.6) is 0 Å². The number of carboxylic acids is 1. The van der Waals surface area contributed by atoms with E-state index < -0.39 is 30.0 Å². The van der Waals surface area contributed by atoms with E-state index in [1.54, 1.807) is 18.3 Å². The van der Waals surface area contributed by atoms with Gasteiger partial charge in [0.05, 0.1) is 43.1 Å². The van der Waals surface area contributed by atoms with Gasteiger partial charge in [0.15, 0.2) is 5.96 Å². The van der Waals surface area contributed by atoms with Gasteiger partial charge in [-0.25, -0.2) is 9.38 Å². The minimum Gasteiger partial charge on any atom is -0.481 e. The molecule has 13 heteroatoms. The lowest BCUT2D eigenvalue weighted by atomic mass is 10.0. The molecule has 1 aliphatic heterocycles. The molecule has 0 saturated carbocycles. The van der Waals surface area contributed by atoms with Crippen molar-refractivity contribution in [1.82, 2.24) is 26.1 Å². The molecule has 1 aliphatic rings. The second-order valence-electron chi connectivity index (χ2n) is 8.86. The molecule has 3 atom stereocenters. The number of allylic oxidation sites excluding steroid dienone is 3. The largest absolute Gasteiger partial charge is 0.481 e. The molecule has 11 nitrogen and oxygen atoms in total. The van der Waals surface area contributed by atoms with Gasteiger partial charge in [-0.15, -0.1) is 0 Å². The number of H-pyrrole nitrogens is 1. The van der Waals surface area contributed by atoms with Crippen LogP contribution in [-0.4, -0.2) is 75.7 Å². The van der Waals surface area contributed by atoms with Crippen LogP contribution in [-0.2, 0) is 9.59 Å². The maximum absolute atomic E-state index is 13.4. The zero-order chi connectivity index (χ0) is 27.7. The minimum absolute atomic E-state index is 0.0349. The summed E-state index contributed by atoms with van der Waals surface area (Å²) in [6, 6.07) is 2.70. The van der Waals surface area contributed by atoms with E-state index in [1.165, 1.54) is 0 Å². The molecule has 0 fully saturated rings. The van der Waals surface area contributed by atoms with Crippen LogP contribution >= 0.6 is 15.9 Å². The fourth-order valence-corrected chi connectivity index (χ4v) is 3.86. The second-order valence-corrected chi connectivity index (χ2v) is 10.3. The summed E-state index contributed by atoms with van der Waals surface area (Å²) in [6.45, 7) is 3.62. The summed E-state index contributed by atoms with van der Waals surface area (Å²) in [4.78, 5) is 40.9. The lowest BCUT2D eigenvalue weighted by molar-refractivity contribution is -0.137. The molecule has 38 heavy (non-hydrogen) atoms. The third-order valence-electron chi connectivity index (χ3n) is 5.69. The lowest BCUT2D eigenvalue weighted by Gasteiger charge is -2.20. The quantitative estimate of drug-likeness (QED) is 0.173. The number of amides is 2. The van der Waals surface area contributed by atoms with Gasteiger partial charge in [-0.05, 0) is 32.4 Å². The van der Waals surface area contributed by atoms with Crippen molar-refractivity contribution >= 4 is 56.3 Å². The standard InChI is InChI=1S/C25H31BrFN7O4/c1-14(4-3-5-15(2)26)19(6-7-23(36)37)32-22(35)13-28-24(38)16-8-20(18-12-31-34-21(18)9-16)33-25-29-10-17(27)11-30-25/h3-5,8-9,12,15,17,19H,6-7,10-11,13H2,1-2H3,(H,28,38)(H,31,34)(H,32,35)(H,36,37)(H2,29,30,33)/b5-3-,14-4+. The van der Waals surface area contributed by atoms with Crippen LogP contribution in [0.25, 0.3) is 10.9 Å². The van der Waals surface area contributed by atoms with Gasteiger partial charge in [0.2, 0.25) is 5.91 Å². The van der Waals surface area contributed by atoms with E-state index in [-0.39, 0.29) is 42.9 Å². The highest BCUT2D eigenvalue weighted by Gasteiger charge is 2.19. The molecule has 204 valence electrons. The average Bonchev–Trinajstić information content (AvgIpc) is 3.35. The van der Waals surface area contributed by atoms with Crippen molar-refractivity contribution in [2.75, 3.05) is 25.0 Å². The number of aromatic nitrogens is 2. The van der Waals surface area contributed by atoms with Crippen LogP contribution in [0.2, 0.25) is 0 Å². The SMILES string of the molecule is C/C(=C\C=C/C(C)Br)C(CCC(=O)O)NC(=O)CNC(=O)c1cc(NC2=NCC(F)CN2)c2cn[nH]c2c1. The van der Waals surface area contributed by atoms with Gasteiger partial charge < -0.3 is 26.4 Å². The summed E-state index contributed by atoms with van der Waals surface area (Å²) in [7, 11) is 0. The number of hydrogen-bond donors (Lipinski definition) is 6. The van der Waals surface area contributed by atoms with Crippen molar-refractivity contribution in [2.45, 2.75) is 43.7 Å². The highest BCUT2D eigenvalue weighted by atomic mass is 79.9. The molecular formula is C25H31BrFN7O4. The van der Waals surface area contributed by atoms with Crippen molar-refractivity contribution in [2.24, 2.45) is 4.99 Å². The number of carboxylic acid groups (broad SMARTS) is 1. The first kappa shape index (κ1) is 28.8. The smallest absolute Gasteiger partial charge is 0.303 e. The first-order valence-electron chi connectivity index (χ1n) is 12.1. The Bertz CT molecular complexity index is 1260. The molecule has 0 spiro atoms. The number of nitrogens with zero attached hydrogens (tertiary/aromatic N) is 2. The van der Waals surface area contributed by atoms with Crippen LogP contribution in [0, 0.1) is 0 Å². The first-order valence-corrected chi connectivity index (χ1v) is 13.0. The first-order chi connectivity index (χ1) is 18.1. The number of guanidine groups is 1. The molecule has 6 N–H and O–H groups in total. The Kier molecular flexibility index (Phi) is 10.4. The summed E-state index contributed by atoms with van der Waals surface area (Å²) < 4.78 is 13.4. The monoisotopic (exact) mass is 591 g/mol. The van der Waals surface area contributed by atoms with Crippen LogP contribution in [0.3, 0.4) is 0 Å². The number of benzene rings is 1. The number of nitrogens with one attached hydrogen (secondary N) is 5. The molecule has 0 aliphatic carbocycles. The number of rotatable bonds is 11. The number of anilines is 1. The summed E-state index contributed by atoms with van der Waals surface area (Å²) in [5, 5.41) is 27.9. The number of fused-ring (bicyclic) bond motifs is 1. The zero-order valence-electron chi connectivity index (χ0n) is 21.1. The molecular weight excluding hydrogens is 561 g/mol. The zero-order valence-corrected chi connectivity index (χ0v) is 22.6. The van der Waals surface area contributed by atoms with E-state index >= 15 is 0 Å². The van der Waals surface area contributed by atoms with Gasteiger partial charge in [-0.2, -0.15) is 5.10 Å². The Morgan fingerprint density at radius 3 is 2.82 bits per heavy atom. The highest BCUT2D eigenvalue weighted by molar-refractivity contribution is 9.09. The Labute approximate surface area is 227 Å². The molecule has 0 saturated heterocycles. The summed E-state index contributed by atoms with van der Waals surface area (Å²) in [5.74, 6) is -1.53. The number of alkyl halides is 2. The third-order valence-corrected chi connectivity index (χ3v) is 5.99. The molecule has 3 rings (SSSR count). The third kappa shape index (κ3) is 8.68. The number of aromatic amines is 1. The van der Waals surface area contributed by atoms with Crippen molar-refractivity contribution in [3.05, 3.63) is 47.7 Å². The van der Waals surface area contributed by atoms with Gasteiger partial charge in [-0.1, -0.05) is 39.7 Å². The maximum atomic E-state index is 13.4. The van der Waals surface area contributed by atoms with Gasteiger partial charge in [-0.3, -0.25) is 19.5 Å². The number of carbonyl (C=O) groups is 3. The van der Waals surface area contributed by atoms with E-state index in [2.05, 4.69) is 52.4 Å². The molecule has 1 aromatic heterocycles. The Balaban J connectivity index is 1.66. The number of aliphatic carboxylic acids is 1. The van der Waals surface area contributed by atoms with Crippen molar-refractivity contribution in [3.63, 3.8) is 0 Å². The van der Waals surface area contributed by atoms with Crippen LogP contribution in [0.15, 0.2) is 47.1 Å². The molecule has 0 radical (unpaired) electrons. The van der Waals surface area contributed by atoms with E-state index in [0.29, 0.717) is 22.5 Å². The fourth-order valence-electron chi connectivity index (χ4n) is 3.68. The van der Waals surface area contributed by atoms with Gasteiger partial charge in [0.25, 0.3) is 5.91 Å². The molecule has 2 amide bonds. The molecule has 1 aromatic carbocycles. The summed E-state index contributed by atoms with van der Waals surface area (Å²) in [5.41, 5.74) is 2.18. The van der Waals surface area contributed by atoms with Crippen LogP contribution in [0.4, 0.5) is 10.1 Å². The highest BCUT2D eigenvalue weighted by Crippen LogP contribution is 2.24. The Morgan fingerprint density at radius 1 is 1.34 bits per heavy atom. The molecule has 2 aromatic rings. The maximum Gasteiger partial charge on any atom is 0.303 e. The predicted molar refractivity (Wildman–Crippen MR) is 147 cm³/mol. The van der Waals surface area contributed by atoms with Crippen LogP contribution < -0.4 is 21.3 Å². The molecule has 0 bridgehead atoms. The van der Waals surface area contributed by atoms with Crippen LogP contribution in [0.1, 0.15) is 37.0 Å². The van der Waals surface area contributed by atoms with Gasteiger partial charge in [0.1, 0.15) is 6.17 Å². The molecule has 3 unspecified atom stereocenters. The van der Waals surface area contributed by atoms with E-state index in [9.17, 15) is 18.8 Å². The van der Waals surface area contributed by atoms with E-state index in [1.807, 2.05) is 32.1 Å². The topological polar surface area (TPSA) is 161 Å².